The van der Waals surface area contributed by atoms with Gasteiger partial charge in [0.1, 0.15) is 6.10 Å². The van der Waals surface area contributed by atoms with E-state index < -0.39 is 8.32 Å². The van der Waals surface area contributed by atoms with Crippen LogP contribution in [0.3, 0.4) is 0 Å². The number of hydrogen-bond donors (Lipinski definition) is 0. The Labute approximate surface area is 167 Å². The number of benzene rings is 1. The topological polar surface area (TPSA) is 35.5 Å². The van der Waals surface area contributed by atoms with E-state index in [1.165, 1.54) is 6.08 Å². The molecule has 0 aliphatic heterocycles. The van der Waals surface area contributed by atoms with Gasteiger partial charge in [-0.2, -0.15) is 0 Å². The summed E-state index contributed by atoms with van der Waals surface area (Å²) in [5.41, 5.74) is 0.990. The molecule has 1 aromatic carbocycles. The van der Waals surface area contributed by atoms with Crippen LogP contribution in [0.1, 0.15) is 53.5 Å². The Morgan fingerprint density at radius 1 is 1.11 bits per heavy atom. The van der Waals surface area contributed by atoms with Gasteiger partial charge in [0.2, 0.25) is 0 Å². The average molecular weight is 391 g/mol. The lowest BCUT2D eigenvalue weighted by molar-refractivity contribution is -0.149. The lowest BCUT2D eigenvalue weighted by atomic mass is 9.92. The van der Waals surface area contributed by atoms with Gasteiger partial charge < -0.3 is 9.16 Å². The highest BCUT2D eigenvalue weighted by molar-refractivity contribution is 6.74. The normalized spacial score (nSPS) is 16.1. The Kier molecular flexibility index (Phi) is 8.96. The van der Waals surface area contributed by atoms with Crippen LogP contribution in [0.4, 0.5) is 0 Å². The third kappa shape index (κ3) is 7.63. The van der Waals surface area contributed by atoms with Crippen molar-refractivity contribution in [2.24, 2.45) is 11.8 Å². The molecule has 0 unspecified atom stereocenters. The van der Waals surface area contributed by atoms with E-state index in [0.29, 0.717) is 6.61 Å². The van der Waals surface area contributed by atoms with Crippen molar-refractivity contribution in [2.45, 2.75) is 72.2 Å². The first-order valence-corrected chi connectivity index (χ1v) is 13.0. The monoisotopic (exact) mass is 390 g/mol. The van der Waals surface area contributed by atoms with Gasteiger partial charge >= 0.3 is 5.97 Å². The van der Waals surface area contributed by atoms with Crippen LogP contribution in [0, 0.1) is 11.8 Å². The van der Waals surface area contributed by atoms with E-state index in [4.69, 9.17) is 9.16 Å². The molecule has 0 radical (unpaired) electrons. The number of hydrogen-bond acceptors (Lipinski definition) is 3. The zero-order chi connectivity index (χ0) is 20.7. The average Bonchev–Trinajstić information content (AvgIpc) is 2.61. The zero-order valence-corrected chi connectivity index (χ0v) is 19.4. The third-order valence-electron chi connectivity index (χ3n) is 5.74. The van der Waals surface area contributed by atoms with Crippen molar-refractivity contribution in [3.8, 4) is 0 Å². The second-order valence-electron chi connectivity index (χ2n) is 9.08. The molecule has 0 aliphatic carbocycles. The number of carbonyl (C=O) groups is 1. The Bertz CT molecular complexity index is 602. The number of rotatable bonds is 9. The van der Waals surface area contributed by atoms with Gasteiger partial charge in [0.15, 0.2) is 8.32 Å². The fourth-order valence-corrected chi connectivity index (χ4v) is 3.69. The van der Waals surface area contributed by atoms with Crippen molar-refractivity contribution >= 4 is 20.4 Å². The molecule has 152 valence electrons. The van der Waals surface area contributed by atoms with Crippen LogP contribution < -0.4 is 0 Å². The summed E-state index contributed by atoms with van der Waals surface area (Å²) in [5, 5.41) is 0.174. The fraction of sp³-hybridized carbons (Fsp3) is 0.609. The van der Waals surface area contributed by atoms with E-state index >= 15 is 0 Å². The first-order chi connectivity index (χ1) is 12.5. The first kappa shape index (κ1) is 23.6. The molecule has 0 N–H and O–H groups in total. The molecule has 0 saturated heterocycles. The molecule has 3 nitrogen and oxygen atoms in total. The number of ether oxygens (including phenoxy) is 1. The van der Waals surface area contributed by atoms with Gasteiger partial charge in [-0.05, 0) is 35.7 Å². The lowest BCUT2D eigenvalue weighted by Gasteiger charge is -2.38. The Morgan fingerprint density at radius 2 is 1.70 bits per heavy atom. The van der Waals surface area contributed by atoms with Gasteiger partial charge in [0.05, 0.1) is 0 Å². The molecule has 1 aromatic rings. The molecule has 27 heavy (non-hydrogen) atoms. The Balaban J connectivity index is 2.74. The minimum absolute atomic E-state index is 0.146. The Hall–Kier alpha value is -1.39. The number of esters is 1. The molecule has 0 amide bonds. The maximum atomic E-state index is 12.4. The highest BCUT2D eigenvalue weighted by atomic mass is 28.4. The van der Waals surface area contributed by atoms with E-state index in [2.05, 4.69) is 54.6 Å². The zero-order valence-electron chi connectivity index (χ0n) is 18.4. The standard InChI is InChI=1S/C23H38O3Si/c1-9-18(2)22(19(3)17-25-27(7,8)23(4,5)6)26-21(24)16-15-20-13-11-10-12-14-20/h10-16,18-19,22H,9,17H2,1-8H3/b16-15+/t18-,19-,22+/m0/s1. The molecule has 0 heterocycles. The maximum absolute atomic E-state index is 12.4. The predicted octanol–water partition coefficient (Wildman–Crippen LogP) is 6.32. The minimum Gasteiger partial charge on any atom is -0.459 e. The highest BCUT2D eigenvalue weighted by Gasteiger charge is 2.38. The van der Waals surface area contributed by atoms with Gasteiger partial charge in [-0.15, -0.1) is 0 Å². The minimum atomic E-state index is -1.81. The van der Waals surface area contributed by atoms with Crippen LogP contribution in [-0.4, -0.2) is 27.0 Å². The maximum Gasteiger partial charge on any atom is 0.331 e. The summed E-state index contributed by atoms with van der Waals surface area (Å²) in [6, 6.07) is 9.79. The van der Waals surface area contributed by atoms with E-state index in [1.54, 1.807) is 6.08 Å². The van der Waals surface area contributed by atoms with E-state index in [0.717, 1.165) is 12.0 Å². The molecule has 3 atom stereocenters. The first-order valence-electron chi connectivity index (χ1n) is 10.1. The van der Waals surface area contributed by atoms with Crippen LogP contribution in [0.2, 0.25) is 18.1 Å². The third-order valence-corrected chi connectivity index (χ3v) is 10.2. The van der Waals surface area contributed by atoms with Crippen molar-refractivity contribution in [3.05, 3.63) is 42.0 Å². The summed E-state index contributed by atoms with van der Waals surface area (Å²) < 4.78 is 12.2. The fourth-order valence-electron chi connectivity index (χ4n) is 2.58. The lowest BCUT2D eigenvalue weighted by Crippen LogP contribution is -2.43. The summed E-state index contributed by atoms with van der Waals surface area (Å²) in [5.74, 6) is 0.156. The molecular formula is C23H38O3Si. The van der Waals surface area contributed by atoms with Crippen molar-refractivity contribution in [1.29, 1.82) is 0 Å². The van der Waals surface area contributed by atoms with E-state index in [9.17, 15) is 4.79 Å². The molecule has 0 saturated carbocycles. The second-order valence-corrected chi connectivity index (χ2v) is 13.9. The highest BCUT2D eigenvalue weighted by Crippen LogP contribution is 2.37. The van der Waals surface area contributed by atoms with Gasteiger partial charge in [0, 0.05) is 18.6 Å². The van der Waals surface area contributed by atoms with Crippen molar-refractivity contribution in [1.82, 2.24) is 0 Å². The second kappa shape index (κ2) is 10.2. The molecule has 0 aromatic heterocycles. The van der Waals surface area contributed by atoms with Crippen LogP contribution in [-0.2, 0) is 14.0 Å². The van der Waals surface area contributed by atoms with Crippen LogP contribution in [0.15, 0.2) is 36.4 Å². The summed E-state index contributed by atoms with van der Waals surface area (Å²) in [6.45, 7) is 18.3. The van der Waals surface area contributed by atoms with E-state index in [1.807, 2.05) is 30.3 Å². The van der Waals surface area contributed by atoms with Crippen molar-refractivity contribution in [3.63, 3.8) is 0 Å². The molecule has 1 rings (SSSR count). The largest absolute Gasteiger partial charge is 0.459 e. The van der Waals surface area contributed by atoms with Gasteiger partial charge in [0.25, 0.3) is 0 Å². The molecule has 0 fully saturated rings. The van der Waals surface area contributed by atoms with Gasteiger partial charge in [-0.1, -0.05) is 78.3 Å². The number of carbonyl (C=O) groups excluding carboxylic acids is 1. The van der Waals surface area contributed by atoms with E-state index in [-0.39, 0.29) is 28.9 Å². The Morgan fingerprint density at radius 3 is 2.22 bits per heavy atom. The van der Waals surface area contributed by atoms with Crippen LogP contribution >= 0.6 is 0 Å². The van der Waals surface area contributed by atoms with Crippen molar-refractivity contribution in [2.75, 3.05) is 6.61 Å². The summed E-state index contributed by atoms with van der Waals surface area (Å²) >= 11 is 0. The van der Waals surface area contributed by atoms with Gasteiger partial charge in [-0.25, -0.2) is 4.79 Å². The quantitative estimate of drug-likeness (QED) is 0.281. The van der Waals surface area contributed by atoms with Crippen molar-refractivity contribution < 1.29 is 14.0 Å². The molecule has 0 spiro atoms. The molecule has 0 aliphatic rings. The molecular weight excluding hydrogens is 352 g/mol. The SMILES string of the molecule is CC[C@H](C)[C@@H](OC(=O)/C=C/c1ccccc1)[C@@H](C)CO[Si](C)(C)C(C)(C)C. The smallest absolute Gasteiger partial charge is 0.331 e. The summed E-state index contributed by atoms with van der Waals surface area (Å²) in [4.78, 5) is 12.4. The molecule has 0 bridgehead atoms. The summed E-state index contributed by atoms with van der Waals surface area (Å²) in [7, 11) is -1.81. The van der Waals surface area contributed by atoms with Crippen LogP contribution in [0.25, 0.3) is 6.08 Å². The van der Waals surface area contributed by atoms with Crippen LogP contribution in [0.5, 0.6) is 0 Å². The summed E-state index contributed by atoms with van der Waals surface area (Å²) in [6.07, 6.45) is 4.14. The molecule has 4 heteroatoms. The van der Waals surface area contributed by atoms with Gasteiger partial charge in [-0.3, -0.25) is 0 Å². The predicted molar refractivity (Wildman–Crippen MR) is 117 cm³/mol.